The minimum Gasteiger partial charge on any atom is -0.339 e. The lowest BCUT2D eigenvalue weighted by Gasteiger charge is -2.22. The van der Waals surface area contributed by atoms with E-state index in [1.54, 1.807) is 23.9 Å². The maximum absolute atomic E-state index is 13.2. The summed E-state index contributed by atoms with van der Waals surface area (Å²) in [5.74, 6) is 0.536. The van der Waals surface area contributed by atoms with E-state index in [0.29, 0.717) is 0 Å². The predicted molar refractivity (Wildman–Crippen MR) is 105 cm³/mol. The zero-order valence-corrected chi connectivity index (χ0v) is 14.8. The minimum atomic E-state index is -0.251. The normalized spacial score (nSPS) is 11.9. The standard InChI is InChI=1S/C21H14FN3S/c1-26-15-6-7-17-16(11-15)20-19-13(8-9-23-20)10-18(25-21(19)24-17)12-2-4-14(22)5-3-12/h2-11H,1H3,(H,24,25). The second kappa shape index (κ2) is 5.81. The van der Waals surface area contributed by atoms with Crippen LogP contribution in [0.25, 0.3) is 33.3 Å². The number of benzene rings is 2. The lowest BCUT2D eigenvalue weighted by molar-refractivity contribution is 0.628. The molecule has 3 heterocycles. The van der Waals surface area contributed by atoms with Crippen LogP contribution in [0.1, 0.15) is 0 Å². The van der Waals surface area contributed by atoms with Crippen molar-refractivity contribution in [3.63, 3.8) is 0 Å². The molecule has 126 valence electrons. The number of anilines is 2. The molecule has 26 heavy (non-hydrogen) atoms. The van der Waals surface area contributed by atoms with Crippen molar-refractivity contribution in [2.45, 2.75) is 4.90 Å². The van der Waals surface area contributed by atoms with Crippen molar-refractivity contribution in [2.24, 2.45) is 0 Å². The number of nitrogens with zero attached hydrogens (tertiary/aromatic N) is 2. The van der Waals surface area contributed by atoms with Crippen molar-refractivity contribution in [3.05, 3.63) is 66.6 Å². The predicted octanol–water partition coefficient (Wildman–Crippen LogP) is 5.88. The first-order valence-corrected chi connectivity index (χ1v) is 9.46. The van der Waals surface area contributed by atoms with E-state index in [2.05, 4.69) is 34.8 Å². The molecule has 0 aliphatic carbocycles. The molecule has 3 nitrogen and oxygen atoms in total. The van der Waals surface area contributed by atoms with Gasteiger partial charge in [-0.05, 0) is 66.2 Å². The third-order valence-corrected chi connectivity index (χ3v) is 5.34. The van der Waals surface area contributed by atoms with Gasteiger partial charge in [-0.25, -0.2) is 9.37 Å². The van der Waals surface area contributed by atoms with Gasteiger partial charge in [0, 0.05) is 27.9 Å². The van der Waals surface area contributed by atoms with Crippen LogP contribution < -0.4 is 5.32 Å². The van der Waals surface area contributed by atoms with Crippen molar-refractivity contribution >= 4 is 34.0 Å². The molecule has 0 atom stereocenters. The zero-order valence-electron chi connectivity index (χ0n) is 14.0. The quantitative estimate of drug-likeness (QED) is 0.399. The van der Waals surface area contributed by atoms with E-state index in [9.17, 15) is 4.39 Å². The number of aromatic nitrogens is 2. The molecule has 0 spiro atoms. The average molecular weight is 359 g/mol. The van der Waals surface area contributed by atoms with Crippen molar-refractivity contribution < 1.29 is 4.39 Å². The Morgan fingerprint density at radius 1 is 1.00 bits per heavy atom. The first kappa shape index (κ1) is 15.3. The van der Waals surface area contributed by atoms with Crippen LogP contribution in [0.4, 0.5) is 15.9 Å². The van der Waals surface area contributed by atoms with Crippen LogP contribution in [0, 0.1) is 5.82 Å². The van der Waals surface area contributed by atoms with Crippen molar-refractivity contribution in [2.75, 3.05) is 11.6 Å². The van der Waals surface area contributed by atoms with Crippen LogP contribution in [0.15, 0.2) is 65.7 Å². The summed E-state index contributed by atoms with van der Waals surface area (Å²) in [6.07, 6.45) is 3.90. The molecule has 0 saturated carbocycles. The minimum absolute atomic E-state index is 0.251. The number of hydrogen-bond donors (Lipinski definition) is 1. The van der Waals surface area contributed by atoms with E-state index in [4.69, 9.17) is 4.98 Å². The fourth-order valence-electron chi connectivity index (χ4n) is 3.35. The molecule has 0 bridgehead atoms. The Hall–Kier alpha value is -2.92. The Kier molecular flexibility index (Phi) is 3.43. The lowest BCUT2D eigenvalue weighted by Crippen LogP contribution is -2.05. The van der Waals surface area contributed by atoms with Gasteiger partial charge in [-0.2, -0.15) is 0 Å². The fraction of sp³-hybridized carbons (Fsp3) is 0.0476. The summed E-state index contributed by atoms with van der Waals surface area (Å²) in [5, 5.41) is 5.52. The number of thioether (sulfide) groups is 1. The number of fused-ring (bicyclic) bond motifs is 2. The third kappa shape index (κ3) is 2.35. The van der Waals surface area contributed by atoms with Gasteiger partial charge in [0.2, 0.25) is 0 Å². The highest BCUT2D eigenvalue weighted by Crippen LogP contribution is 2.43. The summed E-state index contributed by atoms with van der Waals surface area (Å²) in [6.45, 7) is 0. The molecule has 0 radical (unpaired) electrons. The van der Waals surface area contributed by atoms with E-state index in [-0.39, 0.29) is 5.82 Å². The molecule has 0 fully saturated rings. The number of pyridine rings is 2. The molecule has 0 unspecified atom stereocenters. The number of rotatable bonds is 2. The molecule has 2 aromatic carbocycles. The van der Waals surface area contributed by atoms with Gasteiger partial charge in [0.15, 0.2) is 0 Å². The Bertz CT molecular complexity index is 1160. The molecular weight excluding hydrogens is 345 g/mol. The number of hydrogen-bond acceptors (Lipinski definition) is 4. The highest BCUT2D eigenvalue weighted by atomic mass is 32.2. The van der Waals surface area contributed by atoms with Crippen molar-refractivity contribution in [1.82, 2.24) is 9.97 Å². The van der Waals surface area contributed by atoms with E-state index in [1.165, 1.54) is 17.0 Å². The molecule has 0 saturated heterocycles. The van der Waals surface area contributed by atoms with Gasteiger partial charge in [0.1, 0.15) is 11.6 Å². The van der Waals surface area contributed by atoms with Crippen LogP contribution in [0.3, 0.4) is 0 Å². The monoisotopic (exact) mass is 359 g/mol. The van der Waals surface area contributed by atoms with Gasteiger partial charge >= 0.3 is 0 Å². The lowest BCUT2D eigenvalue weighted by atomic mass is 9.98. The molecule has 0 amide bonds. The number of halogens is 1. The van der Waals surface area contributed by atoms with Gasteiger partial charge in [-0.15, -0.1) is 11.8 Å². The van der Waals surface area contributed by atoms with Crippen LogP contribution in [0.2, 0.25) is 0 Å². The third-order valence-electron chi connectivity index (χ3n) is 4.62. The van der Waals surface area contributed by atoms with Crippen molar-refractivity contribution in [3.8, 4) is 22.5 Å². The second-order valence-electron chi connectivity index (χ2n) is 6.16. The molecular formula is C21H14FN3S. The van der Waals surface area contributed by atoms with Gasteiger partial charge in [-0.3, -0.25) is 4.98 Å². The van der Waals surface area contributed by atoms with Gasteiger partial charge < -0.3 is 5.32 Å². The molecule has 1 aliphatic heterocycles. The molecule has 5 rings (SSSR count). The topological polar surface area (TPSA) is 37.8 Å². The van der Waals surface area contributed by atoms with Crippen molar-refractivity contribution in [1.29, 1.82) is 0 Å². The van der Waals surface area contributed by atoms with Gasteiger partial charge in [-0.1, -0.05) is 0 Å². The van der Waals surface area contributed by atoms with E-state index in [1.807, 2.05) is 18.3 Å². The summed E-state index contributed by atoms with van der Waals surface area (Å²) in [7, 11) is 0. The summed E-state index contributed by atoms with van der Waals surface area (Å²) < 4.78 is 13.2. The van der Waals surface area contributed by atoms with E-state index in [0.717, 1.165) is 44.8 Å². The Labute approximate surface area is 154 Å². The summed E-state index contributed by atoms with van der Waals surface area (Å²) in [4.78, 5) is 10.6. The summed E-state index contributed by atoms with van der Waals surface area (Å²) in [5.41, 5.74) is 4.72. The Morgan fingerprint density at radius 3 is 2.65 bits per heavy atom. The first-order valence-electron chi connectivity index (χ1n) is 8.24. The molecule has 2 aromatic heterocycles. The van der Waals surface area contributed by atoms with Crippen LogP contribution in [-0.4, -0.2) is 16.2 Å². The first-order chi connectivity index (χ1) is 12.7. The molecule has 5 heteroatoms. The highest BCUT2D eigenvalue weighted by molar-refractivity contribution is 7.98. The van der Waals surface area contributed by atoms with Gasteiger partial charge in [0.05, 0.1) is 16.8 Å². The van der Waals surface area contributed by atoms with E-state index >= 15 is 0 Å². The SMILES string of the molecule is CSc1ccc2c(c1)-c1nccc3cc(-c4ccc(F)cc4)nc(c13)N2. The smallest absolute Gasteiger partial charge is 0.141 e. The molecule has 4 aromatic rings. The van der Waals surface area contributed by atoms with Crippen LogP contribution >= 0.6 is 11.8 Å². The highest BCUT2D eigenvalue weighted by Gasteiger charge is 2.21. The number of nitrogens with one attached hydrogen (secondary N) is 1. The Balaban J connectivity index is 1.76. The summed E-state index contributed by atoms with van der Waals surface area (Å²) in [6, 6.07) is 16.7. The van der Waals surface area contributed by atoms with Crippen LogP contribution in [-0.2, 0) is 0 Å². The summed E-state index contributed by atoms with van der Waals surface area (Å²) >= 11 is 1.71. The maximum Gasteiger partial charge on any atom is 0.141 e. The zero-order chi connectivity index (χ0) is 17.7. The van der Waals surface area contributed by atoms with E-state index < -0.39 is 0 Å². The second-order valence-corrected chi connectivity index (χ2v) is 7.04. The maximum atomic E-state index is 13.2. The van der Waals surface area contributed by atoms with Gasteiger partial charge in [0.25, 0.3) is 0 Å². The molecule has 1 aliphatic rings. The largest absolute Gasteiger partial charge is 0.339 e. The fourth-order valence-corrected chi connectivity index (χ4v) is 3.79. The Morgan fingerprint density at radius 2 is 1.85 bits per heavy atom. The molecule has 1 N–H and O–H groups in total. The average Bonchev–Trinajstić information content (AvgIpc) is 2.68. The van der Waals surface area contributed by atoms with Crippen LogP contribution in [0.5, 0.6) is 0 Å².